The third-order valence-electron chi connectivity index (χ3n) is 5.58. The lowest BCUT2D eigenvalue weighted by Crippen LogP contribution is -2.38. The first-order chi connectivity index (χ1) is 16.3. The maximum Gasteiger partial charge on any atom is 0.332 e. The monoisotopic (exact) mass is 494 g/mol. The number of carbonyl (C=O) groups excluding carboxylic acids is 1. The molecule has 0 aliphatic carbocycles. The predicted octanol–water partition coefficient (Wildman–Crippen LogP) is 2.93. The van der Waals surface area contributed by atoms with E-state index in [4.69, 9.17) is 11.6 Å². The topological polar surface area (TPSA) is 95.0 Å². The van der Waals surface area contributed by atoms with Crippen molar-refractivity contribution in [3.8, 4) is 0 Å². The summed E-state index contributed by atoms with van der Waals surface area (Å²) in [5.41, 5.74) is 1.11. The van der Waals surface area contributed by atoms with Gasteiger partial charge in [0.15, 0.2) is 16.3 Å². The van der Waals surface area contributed by atoms with Crippen LogP contribution in [0.2, 0.25) is 5.02 Å². The van der Waals surface area contributed by atoms with Crippen LogP contribution in [-0.2, 0) is 32.0 Å². The first-order valence-electron chi connectivity index (χ1n) is 10.3. The van der Waals surface area contributed by atoms with Gasteiger partial charge in [-0.3, -0.25) is 23.6 Å². The molecular weight excluding hydrogens is 476 g/mol. The highest BCUT2D eigenvalue weighted by molar-refractivity contribution is 7.22. The SMILES string of the molecule is Cn1c(=O)c2c(ncn2CC(=O)N(Cc2ccccc2)c2nc3ccc(Cl)cc3s2)n(C)c1=O. The molecule has 0 saturated carbocycles. The number of carbonyl (C=O) groups is 1. The van der Waals surface area contributed by atoms with Crippen LogP contribution < -0.4 is 16.1 Å². The summed E-state index contributed by atoms with van der Waals surface area (Å²) in [6.07, 6.45) is 1.40. The van der Waals surface area contributed by atoms with Crippen LogP contribution >= 0.6 is 22.9 Å². The number of amides is 1. The summed E-state index contributed by atoms with van der Waals surface area (Å²) in [5.74, 6) is -0.274. The molecule has 0 fully saturated rings. The molecule has 3 aromatic heterocycles. The van der Waals surface area contributed by atoms with E-state index in [-0.39, 0.29) is 23.6 Å². The molecule has 1 amide bonds. The van der Waals surface area contributed by atoms with Crippen molar-refractivity contribution in [2.24, 2.45) is 14.1 Å². The second kappa shape index (κ2) is 8.54. The van der Waals surface area contributed by atoms with E-state index < -0.39 is 11.2 Å². The fourth-order valence-corrected chi connectivity index (χ4v) is 5.04. The van der Waals surface area contributed by atoms with Crippen LogP contribution in [0.15, 0.2) is 64.4 Å². The summed E-state index contributed by atoms with van der Waals surface area (Å²) in [7, 11) is 2.94. The van der Waals surface area contributed by atoms with Crippen LogP contribution in [0.5, 0.6) is 0 Å². The van der Waals surface area contributed by atoms with Gasteiger partial charge in [-0.2, -0.15) is 0 Å². The Bertz CT molecular complexity index is 1670. The van der Waals surface area contributed by atoms with Gasteiger partial charge in [0, 0.05) is 19.1 Å². The normalized spacial score (nSPS) is 11.4. The van der Waals surface area contributed by atoms with E-state index >= 15 is 0 Å². The molecule has 0 saturated heterocycles. The van der Waals surface area contributed by atoms with Gasteiger partial charge in [0.05, 0.1) is 23.1 Å². The van der Waals surface area contributed by atoms with Crippen LogP contribution in [0.4, 0.5) is 5.13 Å². The molecule has 0 spiro atoms. The zero-order valence-corrected chi connectivity index (χ0v) is 19.9. The molecule has 11 heteroatoms. The summed E-state index contributed by atoms with van der Waals surface area (Å²) in [4.78, 5) is 49.1. The lowest BCUT2D eigenvalue weighted by molar-refractivity contribution is -0.119. The van der Waals surface area contributed by atoms with Gasteiger partial charge in [0.2, 0.25) is 5.91 Å². The van der Waals surface area contributed by atoms with E-state index in [1.54, 1.807) is 11.0 Å². The van der Waals surface area contributed by atoms with Gasteiger partial charge in [-0.1, -0.05) is 53.3 Å². The summed E-state index contributed by atoms with van der Waals surface area (Å²) >= 11 is 7.50. The smallest absolute Gasteiger partial charge is 0.315 e. The fourth-order valence-electron chi connectivity index (χ4n) is 3.78. The second-order valence-electron chi connectivity index (χ2n) is 7.82. The lowest BCUT2D eigenvalue weighted by Gasteiger charge is -2.20. The Balaban J connectivity index is 1.57. The summed E-state index contributed by atoms with van der Waals surface area (Å²) in [6.45, 7) is 0.157. The van der Waals surface area contributed by atoms with Crippen molar-refractivity contribution in [3.63, 3.8) is 0 Å². The van der Waals surface area contributed by atoms with Gasteiger partial charge in [0.25, 0.3) is 5.56 Å². The van der Waals surface area contributed by atoms with Crippen molar-refractivity contribution in [2.45, 2.75) is 13.1 Å². The number of hydrogen-bond donors (Lipinski definition) is 0. The van der Waals surface area contributed by atoms with Crippen molar-refractivity contribution in [1.82, 2.24) is 23.7 Å². The number of imidazole rings is 1. The van der Waals surface area contributed by atoms with Crippen molar-refractivity contribution < 1.29 is 4.79 Å². The molecule has 34 heavy (non-hydrogen) atoms. The molecule has 9 nitrogen and oxygen atoms in total. The maximum absolute atomic E-state index is 13.6. The van der Waals surface area contributed by atoms with E-state index in [9.17, 15) is 14.4 Å². The first-order valence-corrected chi connectivity index (χ1v) is 11.5. The standard InChI is InChI=1S/C23H19ClN6O3S/c1-27-20-19(21(32)28(2)23(27)33)29(13-25-20)12-18(31)30(11-14-6-4-3-5-7-14)22-26-16-9-8-15(24)10-17(16)34-22/h3-10,13H,11-12H2,1-2H3. The Morgan fingerprint density at radius 2 is 1.85 bits per heavy atom. The maximum atomic E-state index is 13.6. The Hall–Kier alpha value is -3.76. The number of aryl methyl sites for hydroxylation is 1. The third kappa shape index (κ3) is 3.80. The first kappa shape index (κ1) is 22.1. The van der Waals surface area contributed by atoms with Crippen molar-refractivity contribution in [2.75, 3.05) is 4.90 Å². The molecular formula is C23H19ClN6O3S. The Morgan fingerprint density at radius 1 is 1.09 bits per heavy atom. The molecule has 0 bridgehead atoms. The van der Waals surface area contributed by atoms with Gasteiger partial charge in [-0.25, -0.2) is 14.8 Å². The van der Waals surface area contributed by atoms with E-state index in [1.807, 2.05) is 42.5 Å². The van der Waals surface area contributed by atoms with Gasteiger partial charge in [-0.05, 0) is 23.8 Å². The average molecular weight is 495 g/mol. The predicted molar refractivity (Wildman–Crippen MR) is 132 cm³/mol. The second-order valence-corrected chi connectivity index (χ2v) is 9.27. The van der Waals surface area contributed by atoms with Crippen LogP contribution in [0.3, 0.4) is 0 Å². The minimum Gasteiger partial charge on any atom is -0.315 e. The number of halogens is 1. The molecule has 0 aliphatic heterocycles. The molecule has 0 unspecified atom stereocenters. The number of benzene rings is 2. The van der Waals surface area contributed by atoms with Crippen LogP contribution in [0.1, 0.15) is 5.56 Å². The van der Waals surface area contributed by atoms with Crippen molar-refractivity contribution in [3.05, 3.63) is 86.3 Å². The zero-order chi connectivity index (χ0) is 24.0. The minimum absolute atomic E-state index is 0.145. The summed E-state index contributed by atoms with van der Waals surface area (Å²) in [5, 5.41) is 1.12. The van der Waals surface area contributed by atoms with Gasteiger partial charge < -0.3 is 4.57 Å². The number of fused-ring (bicyclic) bond motifs is 2. The Kier molecular flexibility index (Phi) is 5.54. The Labute approximate surface area is 202 Å². The summed E-state index contributed by atoms with van der Waals surface area (Å²) < 4.78 is 4.63. The van der Waals surface area contributed by atoms with E-state index in [2.05, 4.69) is 9.97 Å². The molecule has 172 valence electrons. The molecule has 2 aromatic carbocycles. The number of rotatable bonds is 5. The van der Waals surface area contributed by atoms with E-state index in [1.165, 1.54) is 40.9 Å². The van der Waals surface area contributed by atoms with E-state index in [0.29, 0.717) is 16.7 Å². The molecule has 0 N–H and O–H groups in total. The highest BCUT2D eigenvalue weighted by Crippen LogP contribution is 2.32. The number of nitrogens with zero attached hydrogens (tertiary/aromatic N) is 6. The highest BCUT2D eigenvalue weighted by atomic mass is 35.5. The van der Waals surface area contributed by atoms with Gasteiger partial charge in [-0.15, -0.1) is 0 Å². The van der Waals surface area contributed by atoms with Gasteiger partial charge >= 0.3 is 5.69 Å². The minimum atomic E-state index is -0.507. The average Bonchev–Trinajstić information content (AvgIpc) is 3.44. The number of aromatic nitrogens is 5. The Morgan fingerprint density at radius 3 is 2.62 bits per heavy atom. The molecule has 3 heterocycles. The fraction of sp³-hybridized carbons (Fsp3) is 0.174. The quantitative estimate of drug-likeness (QED) is 0.374. The highest BCUT2D eigenvalue weighted by Gasteiger charge is 2.23. The summed E-state index contributed by atoms with van der Waals surface area (Å²) in [6, 6.07) is 15.0. The van der Waals surface area contributed by atoms with Crippen LogP contribution in [0.25, 0.3) is 21.4 Å². The molecule has 0 radical (unpaired) electrons. The number of thiazole rings is 1. The van der Waals surface area contributed by atoms with E-state index in [0.717, 1.165) is 20.3 Å². The van der Waals surface area contributed by atoms with Gasteiger partial charge in [0.1, 0.15) is 6.54 Å². The molecule has 0 atom stereocenters. The van der Waals surface area contributed by atoms with Crippen molar-refractivity contribution >= 4 is 55.4 Å². The largest absolute Gasteiger partial charge is 0.332 e. The number of anilines is 1. The van der Waals surface area contributed by atoms with Crippen molar-refractivity contribution in [1.29, 1.82) is 0 Å². The molecule has 0 aliphatic rings. The third-order valence-corrected chi connectivity index (χ3v) is 6.85. The molecule has 5 rings (SSSR count). The lowest BCUT2D eigenvalue weighted by atomic mass is 10.2. The number of hydrogen-bond acceptors (Lipinski definition) is 6. The van der Waals surface area contributed by atoms with Crippen LogP contribution in [-0.4, -0.2) is 29.6 Å². The molecule has 5 aromatic rings. The zero-order valence-electron chi connectivity index (χ0n) is 18.3. The van der Waals surface area contributed by atoms with Crippen LogP contribution in [0, 0.1) is 0 Å².